The fourth-order valence-electron chi connectivity index (χ4n) is 2.02. The molecule has 0 amide bonds. The predicted octanol–water partition coefficient (Wildman–Crippen LogP) is 3.40. The molecule has 2 aromatic rings. The van der Waals surface area contributed by atoms with E-state index in [9.17, 15) is 14.9 Å². The zero-order valence-corrected chi connectivity index (χ0v) is 12.1. The average molecular weight is 306 g/mol. The van der Waals surface area contributed by atoms with Crippen molar-refractivity contribution in [3.63, 3.8) is 0 Å². The summed E-state index contributed by atoms with van der Waals surface area (Å²) in [6.45, 7) is 1.92. The van der Waals surface area contributed by atoms with Crippen LogP contribution in [0.15, 0.2) is 35.0 Å². The first kappa shape index (κ1) is 15.0. The number of anilines is 1. The van der Waals surface area contributed by atoms with Crippen LogP contribution in [-0.2, 0) is 6.42 Å². The Labute approximate surface area is 125 Å². The molecular weight excluding hydrogens is 292 g/mol. The molecule has 1 aromatic heterocycles. The number of carbonyl (C=O) groups is 1. The van der Waals surface area contributed by atoms with E-state index in [1.54, 1.807) is 11.3 Å². The van der Waals surface area contributed by atoms with Crippen molar-refractivity contribution >= 4 is 28.7 Å². The highest BCUT2D eigenvalue weighted by Crippen LogP contribution is 2.26. The van der Waals surface area contributed by atoms with Gasteiger partial charge in [-0.3, -0.25) is 10.1 Å². The molecule has 0 aliphatic carbocycles. The average Bonchev–Trinajstić information content (AvgIpc) is 2.91. The lowest BCUT2D eigenvalue weighted by Gasteiger charge is -2.15. The standard InChI is InChI=1S/C14H14N2O4S/c1-9(6-10-4-5-21-8-10)15-12-3-2-11(14(17)18)7-13(12)16(19)20/h2-5,7-9,15H,6H2,1H3,(H,17,18). The lowest BCUT2D eigenvalue weighted by Crippen LogP contribution is -2.18. The van der Waals surface area contributed by atoms with Gasteiger partial charge in [0.2, 0.25) is 0 Å². The van der Waals surface area contributed by atoms with Gasteiger partial charge in [0.05, 0.1) is 10.5 Å². The molecule has 1 aromatic carbocycles. The molecule has 0 saturated heterocycles. The number of rotatable bonds is 6. The zero-order chi connectivity index (χ0) is 15.4. The first-order chi connectivity index (χ1) is 9.97. The van der Waals surface area contributed by atoms with Crippen LogP contribution >= 0.6 is 11.3 Å². The molecule has 0 aliphatic rings. The van der Waals surface area contributed by atoms with Gasteiger partial charge in [-0.05, 0) is 47.9 Å². The van der Waals surface area contributed by atoms with Crippen molar-refractivity contribution < 1.29 is 14.8 Å². The Morgan fingerprint density at radius 2 is 2.24 bits per heavy atom. The summed E-state index contributed by atoms with van der Waals surface area (Å²) in [5, 5.41) is 27.0. The van der Waals surface area contributed by atoms with E-state index >= 15 is 0 Å². The molecule has 1 atom stereocenters. The second-order valence-electron chi connectivity index (χ2n) is 4.68. The first-order valence-electron chi connectivity index (χ1n) is 6.26. The molecule has 0 saturated carbocycles. The third kappa shape index (κ3) is 3.79. The SMILES string of the molecule is CC(Cc1ccsc1)Nc1ccc(C(=O)O)cc1[N+](=O)[O-]. The highest BCUT2D eigenvalue weighted by molar-refractivity contribution is 7.07. The molecular formula is C14H14N2O4S. The Morgan fingerprint density at radius 3 is 2.81 bits per heavy atom. The minimum Gasteiger partial charge on any atom is -0.478 e. The van der Waals surface area contributed by atoms with Gasteiger partial charge >= 0.3 is 5.97 Å². The van der Waals surface area contributed by atoms with Crippen molar-refractivity contribution in [1.82, 2.24) is 0 Å². The van der Waals surface area contributed by atoms with E-state index in [4.69, 9.17) is 5.11 Å². The van der Waals surface area contributed by atoms with Crippen molar-refractivity contribution in [2.45, 2.75) is 19.4 Å². The molecule has 0 bridgehead atoms. The fourth-order valence-corrected chi connectivity index (χ4v) is 2.70. The van der Waals surface area contributed by atoms with Crippen molar-refractivity contribution in [3.8, 4) is 0 Å². The molecule has 0 radical (unpaired) electrons. The largest absolute Gasteiger partial charge is 0.478 e. The Bertz CT molecular complexity index is 655. The number of nitrogens with one attached hydrogen (secondary N) is 1. The second-order valence-corrected chi connectivity index (χ2v) is 5.46. The van der Waals surface area contributed by atoms with Crippen LogP contribution < -0.4 is 5.32 Å². The van der Waals surface area contributed by atoms with Gasteiger partial charge in [0.25, 0.3) is 5.69 Å². The Morgan fingerprint density at radius 1 is 1.48 bits per heavy atom. The smallest absolute Gasteiger partial charge is 0.335 e. The van der Waals surface area contributed by atoms with E-state index in [2.05, 4.69) is 5.32 Å². The van der Waals surface area contributed by atoms with Crippen molar-refractivity contribution in [1.29, 1.82) is 0 Å². The maximum atomic E-state index is 11.1. The van der Waals surface area contributed by atoms with E-state index in [0.717, 1.165) is 18.1 Å². The highest BCUT2D eigenvalue weighted by atomic mass is 32.1. The summed E-state index contributed by atoms with van der Waals surface area (Å²) >= 11 is 1.60. The molecule has 0 aliphatic heterocycles. The van der Waals surface area contributed by atoms with Crippen LogP contribution in [0.3, 0.4) is 0 Å². The molecule has 2 N–H and O–H groups in total. The van der Waals surface area contributed by atoms with Gasteiger partial charge in [0.1, 0.15) is 5.69 Å². The first-order valence-corrected chi connectivity index (χ1v) is 7.21. The van der Waals surface area contributed by atoms with Crippen molar-refractivity contribution in [2.24, 2.45) is 0 Å². The third-order valence-corrected chi connectivity index (χ3v) is 3.70. The number of aromatic carboxylic acids is 1. The van der Waals surface area contributed by atoms with E-state index in [0.29, 0.717) is 5.69 Å². The summed E-state index contributed by atoms with van der Waals surface area (Å²) in [7, 11) is 0. The normalized spacial score (nSPS) is 11.9. The zero-order valence-electron chi connectivity index (χ0n) is 11.3. The number of hydrogen-bond acceptors (Lipinski definition) is 5. The molecule has 1 heterocycles. The fraction of sp³-hybridized carbons (Fsp3) is 0.214. The van der Waals surface area contributed by atoms with Crippen molar-refractivity contribution in [2.75, 3.05) is 5.32 Å². The number of carboxylic acid groups (broad SMARTS) is 1. The minimum atomic E-state index is -1.18. The number of nitrogens with zero attached hydrogens (tertiary/aromatic N) is 1. The van der Waals surface area contributed by atoms with Crippen LogP contribution in [-0.4, -0.2) is 22.0 Å². The number of thiophene rings is 1. The number of nitro benzene ring substituents is 1. The maximum Gasteiger partial charge on any atom is 0.335 e. The van der Waals surface area contributed by atoms with Gasteiger partial charge in [-0.25, -0.2) is 4.79 Å². The Balaban J connectivity index is 2.18. The molecule has 110 valence electrons. The van der Waals surface area contributed by atoms with Gasteiger partial charge < -0.3 is 10.4 Å². The van der Waals surface area contributed by atoms with E-state index in [-0.39, 0.29) is 17.3 Å². The van der Waals surface area contributed by atoms with Crippen LogP contribution in [0.2, 0.25) is 0 Å². The summed E-state index contributed by atoms with van der Waals surface area (Å²) in [6.07, 6.45) is 0.737. The predicted molar refractivity (Wildman–Crippen MR) is 81.2 cm³/mol. The molecule has 21 heavy (non-hydrogen) atoms. The second kappa shape index (κ2) is 6.36. The Hall–Kier alpha value is -2.41. The molecule has 7 heteroatoms. The van der Waals surface area contributed by atoms with Gasteiger partial charge in [-0.2, -0.15) is 11.3 Å². The van der Waals surface area contributed by atoms with Gasteiger partial charge in [-0.15, -0.1) is 0 Å². The number of benzene rings is 1. The lowest BCUT2D eigenvalue weighted by atomic mass is 10.1. The summed E-state index contributed by atoms with van der Waals surface area (Å²) in [5.41, 5.74) is 1.15. The van der Waals surface area contributed by atoms with Gasteiger partial charge in [0, 0.05) is 12.1 Å². The molecule has 0 spiro atoms. The molecule has 6 nitrogen and oxygen atoms in total. The molecule has 1 unspecified atom stereocenters. The molecule has 0 fully saturated rings. The highest BCUT2D eigenvalue weighted by Gasteiger charge is 2.18. The van der Waals surface area contributed by atoms with Crippen LogP contribution in [0.25, 0.3) is 0 Å². The van der Waals surface area contributed by atoms with Crippen LogP contribution in [0.5, 0.6) is 0 Å². The molecule has 2 rings (SSSR count). The van der Waals surface area contributed by atoms with Gasteiger partial charge in [-0.1, -0.05) is 0 Å². The van der Waals surface area contributed by atoms with Crippen LogP contribution in [0.1, 0.15) is 22.8 Å². The van der Waals surface area contributed by atoms with Gasteiger partial charge in [0.15, 0.2) is 0 Å². The summed E-state index contributed by atoms with van der Waals surface area (Å²) in [4.78, 5) is 21.4. The summed E-state index contributed by atoms with van der Waals surface area (Å²) in [6, 6.07) is 5.86. The number of hydrogen-bond donors (Lipinski definition) is 2. The topological polar surface area (TPSA) is 92.5 Å². The van der Waals surface area contributed by atoms with Crippen LogP contribution in [0, 0.1) is 10.1 Å². The minimum absolute atomic E-state index is 0.00558. The van der Waals surface area contributed by atoms with Crippen LogP contribution in [0.4, 0.5) is 11.4 Å². The summed E-state index contributed by atoms with van der Waals surface area (Å²) < 4.78 is 0. The lowest BCUT2D eigenvalue weighted by molar-refractivity contribution is -0.384. The monoisotopic (exact) mass is 306 g/mol. The van der Waals surface area contributed by atoms with E-state index in [1.165, 1.54) is 12.1 Å². The Kier molecular flexibility index (Phi) is 4.54. The third-order valence-electron chi connectivity index (χ3n) is 2.97. The van der Waals surface area contributed by atoms with E-state index in [1.807, 2.05) is 23.8 Å². The maximum absolute atomic E-state index is 11.1. The van der Waals surface area contributed by atoms with E-state index < -0.39 is 10.9 Å². The quantitative estimate of drug-likeness (QED) is 0.630. The van der Waals surface area contributed by atoms with Crippen molar-refractivity contribution in [3.05, 3.63) is 56.3 Å². The summed E-state index contributed by atoms with van der Waals surface area (Å²) in [5.74, 6) is -1.18. The number of carboxylic acids is 1. The number of nitro groups is 1.